The van der Waals surface area contributed by atoms with Gasteiger partial charge in [0.15, 0.2) is 0 Å². The summed E-state index contributed by atoms with van der Waals surface area (Å²) in [5, 5.41) is 0. The van der Waals surface area contributed by atoms with Crippen molar-refractivity contribution >= 4 is 0 Å². The molecule has 0 spiro atoms. The van der Waals surface area contributed by atoms with Crippen LogP contribution < -0.4 is 10.3 Å². The van der Waals surface area contributed by atoms with E-state index in [4.69, 9.17) is 4.74 Å². The Balaban J connectivity index is 3.04. The predicted octanol–water partition coefficient (Wildman–Crippen LogP) is 1.53. The summed E-state index contributed by atoms with van der Waals surface area (Å²) in [6.07, 6.45) is 0.751. The van der Waals surface area contributed by atoms with Gasteiger partial charge in [-0.25, -0.2) is 4.98 Å². The van der Waals surface area contributed by atoms with Crippen molar-refractivity contribution < 1.29 is 4.74 Å². The van der Waals surface area contributed by atoms with Crippen molar-refractivity contribution in [3.05, 3.63) is 34.3 Å². The molecular formula is C11H16N2O2. The van der Waals surface area contributed by atoms with Crippen LogP contribution >= 0.6 is 0 Å². The molecule has 0 aliphatic carbocycles. The van der Waals surface area contributed by atoms with Gasteiger partial charge in [0, 0.05) is 18.3 Å². The van der Waals surface area contributed by atoms with Gasteiger partial charge in [-0.2, -0.15) is 0 Å². The Hall–Kier alpha value is -1.58. The number of nitrogens with zero attached hydrogens (tertiary/aromatic N) is 2. The Labute approximate surface area is 89.2 Å². The van der Waals surface area contributed by atoms with Crippen LogP contribution in [0.2, 0.25) is 0 Å². The second-order valence-electron chi connectivity index (χ2n) is 3.58. The third kappa shape index (κ3) is 2.94. The largest absolute Gasteiger partial charge is 0.468 e. The molecule has 0 aliphatic heterocycles. The van der Waals surface area contributed by atoms with Crippen molar-refractivity contribution in [3.63, 3.8) is 0 Å². The Morgan fingerprint density at radius 3 is 2.87 bits per heavy atom. The van der Waals surface area contributed by atoms with Crippen LogP contribution in [0.3, 0.4) is 0 Å². The topological polar surface area (TPSA) is 44.1 Å². The lowest BCUT2D eigenvalue weighted by Crippen LogP contribution is -2.22. The Morgan fingerprint density at radius 2 is 2.33 bits per heavy atom. The normalized spacial score (nSPS) is 10.1. The summed E-state index contributed by atoms with van der Waals surface area (Å²) in [7, 11) is 1.51. The van der Waals surface area contributed by atoms with Crippen LogP contribution in [0.4, 0.5) is 0 Å². The molecule has 0 atom stereocenters. The van der Waals surface area contributed by atoms with E-state index in [0.717, 1.165) is 12.0 Å². The molecular weight excluding hydrogens is 192 g/mol. The first-order valence-electron chi connectivity index (χ1n) is 4.81. The molecule has 0 amide bonds. The minimum absolute atomic E-state index is 0.0828. The van der Waals surface area contributed by atoms with Gasteiger partial charge in [0.05, 0.1) is 7.11 Å². The van der Waals surface area contributed by atoms with Crippen LogP contribution in [-0.4, -0.2) is 16.7 Å². The molecule has 0 unspecified atom stereocenters. The number of ether oxygens (including phenoxy) is 1. The molecule has 4 heteroatoms. The highest BCUT2D eigenvalue weighted by atomic mass is 16.5. The number of rotatable bonds is 4. The lowest BCUT2D eigenvalue weighted by Gasteiger charge is -2.10. The molecule has 0 aliphatic rings. The summed E-state index contributed by atoms with van der Waals surface area (Å²) in [6.45, 7) is 8.06. The van der Waals surface area contributed by atoms with E-state index in [-0.39, 0.29) is 5.56 Å². The van der Waals surface area contributed by atoms with Gasteiger partial charge in [-0.05, 0) is 20.3 Å². The first-order chi connectivity index (χ1) is 7.04. The molecule has 15 heavy (non-hydrogen) atoms. The van der Waals surface area contributed by atoms with Crippen LogP contribution in [0.5, 0.6) is 6.01 Å². The zero-order chi connectivity index (χ0) is 11.4. The summed E-state index contributed by atoms with van der Waals surface area (Å²) in [6, 6.07) is 1.86. The average molecular weight is 208 g/mol. The summed E-state index contributed by atoms with van der Waals surface area (Å²) >= 11 is 0. The maximum Gasteiger partial charge on any atom is 0.299 e. The fourth-order valence-electron chi connectivity index (χ4n) is 1.26. The first-order valence-corrected chi connectivity index (χ1v) is 4.81. The molecule has 1 aromatic rings. The fourth-order valence-corrected chi connectivity index (χ4v) is 1.26. The third-order valence-electron chi connectivity index (χ3n) is 2.05. The van der Waals surface area contributed by atoms with E-state index in [1.807, 2.05) is 6.92 Å². The molecule has 0 radical (unpaired) electrons. The summed E-state index contributed by atoms with van der Waals surface area (Å²) in [5.41, 5.74) is 1.62. The Bertz CT molecular complexity index is 421. The minimum Gasteiger partial charge on any atom is -0.468 e. The first kappa shape index (κ1) is 11.5. The highest BCUT2D eigenvalue weighted by Gasteiger charge is 2.06. The van der Waals surface area contributed by atoms with E-state index < -0.39 is 0 Å². The van der Waals surface area contributed by atoms with Gasteiger partial charge in [0.1, 0.15) is 0 Å². The van der Waals surface area contributed by atoms with Crippen LogP contribution in [0.25, 0.3) is 0 Å². The van der Waals surface area contributed by atoms with Crippen molar-refractivity contribution in [3.8, 4) is 6.01 Å². The van der Waals surface area contributed by atoms with Gasteiger partial charge >= 0.3 is 0 Å². The summed E-state index contributed by atoms with van der Waals surface area (Å²) in [4.78, 5) is 15.8. The van der Waals surface area contributed by atoms with E-state index in [1.165, 1.54) is 17.7 Å². The highest BCUT2D eigenvalue weighted by molar-refractivity contribution is 5.07. The fraction of sp³-hybridized carbons (Fsp3) is 0.455. The van der Waals surface area contributed by atoms with Gasteiger partial charge in [0.25, 0.3) is 11.6 Å². The zero-order valence-electron chi connectivity index (χ0n) is 9.41. The predicted molar refractivity (Wildman–Crippen MR) is 59.2 cm³/mol. The van der Waals surface area contributed by atoms with Crippen molar-refractivity contribution in [2.45, 2.75) is 26.8 Å². The summed E-state index contributed by atoms with van der Waals surface area (Å²) in [5.74, 6) is 0. The molecule has 82 valence electrons. The number of aromatic nitrogens is 2. The quantitative estimate of drug-likeness (QED) is 0.705. The van der Waals surface area contributed by atoms with Crippen molar-refractivity contribution in [1.82, 2.24) is 9.55 Å². The molecule has 0 aromatic carbocycles. The second-order valence-corrected chi connectivity index (χ2v) is 3.58. The maximum absolute atomic E-state index is 11.6. The van der Waals surface area contributed by atoms with E-state index in [2.05, 4.69) is 11.6 Å². The number of hydrogen-bond donors (Lipinski definition) is 0. The number of aryl methyl sites for hydroxylation is 1. The van der Waals surface area contributed by atoms with Gasteiger partial charge < -0.3 is 4.74 Å². The van der Waals surface area contributed by atoms with Gasteiger partial charge in [0.2, 0.25) is 0 Å². The molecule has 0 fully saturated rings. The van der Waals surface area contributed by atoms with E-state index >= 15 is 0 Å². The molecule has 0 bridgehead atoms. The minimum atomic E-state index is -0.0828. The molecule has 4 nitrogen and oxygen atoms in total. The lowest BCUT2D eigenvalue weighted by atomic mass is 10.2. The van der Waals surface area contributed by atoms with Gasteiger partial charge in [-0.15, -0.1) is 6.58 Å². The second kappa shape index (κ2) is 4.77. The Morgan fingerprint density at radius 1 is 1.67 bits per heavy atom. The molecule has 0 saturated heterocycles. The maximum atomic E-state index is 11.6. The molecule has 0 N–H and O–H groups in total. The van der Waals surface area contributed by atoms with E-state index in [0.29, 0.717) is 18.2 Å². The monoisotopic (exact) mass is 208 g/mol. The van der Waals surface area contributed by atoms with E-state index in [9.17, 15) is 4.79 Å². The average Bonchev–Trinajstić information content (AvgIpc) is 2.14. The Kier molecular flexibility index (Phi) is 3.66. The van der Waals surface area contributed by atoms with Crippen molar-refractivity contribution in [2.24, 2.45) is 0 Å². The van der Waals surface area contributed by atoms with Crippen LogP contribution in [-0.2, 0) is 6.54 Å². The molecule has 1 aromatic heterocycles. The smallest absolute Gasteiger partial charge is 0.299 e. The van der Waals surface area contributed by atoms with Crippen LogP contribution in [0.15, 0.2) is 23.0 Å². The van der Waals surface area contributed by atoms with E-state index in [1.54, 1.807) is 6.92 Å². The number of methoxy groups -OCH3 is 1. The molecule has 1 rings (SSSR count). The summed E-state index contributed by atoms with van der Waals surface area (Å²) < 4.78 is 6.58. The molecule has 0 saturated carbocycles. The lowest BCUT2D eigenvalue weighted by molar-refractivity contribution is 0.344. The number of hydrogen-bond acceptors (Lipinski definition) is 3. The van der Waals surface area contributed by atoms with Gasteiger partial charge in [-0.1, -0.05) is 5.57 Å². The molecule has 1 heterocycles. The standard InChI is InChI=1S/C11H16N2O2/c1-8(2)5-6-13-10(14)7-9(3)12-11(13)15-4/h7H,1,5-6H2,2-4H3. The van der Waals surface area contributed by atoms with Crippen LogP contribution in [0, 0.1) is 6.92 Å². The van der Waals surface area contributed by atoms with Gasteiger partial charge in [-0.3, -0.25) is 9.36 Å². The van der Waals surface area contributed by atoms with Crippen molar-refractivity contribution in [2.75, 3.05) is 7.11 Å². The SMILES string of the molecule is C=C(C)CCn1c(OC)nc(C)cc1=O. The zero-order valence-corrected chi connectivity index (χ0v) is 9.41. The van der Waals surface area contributed by atoms with Crippen LogP contribution in [0.1, 0.15) is 19.0 Å². The van der Waals surface area contributed by atoms with Crippen molar-refractivity contribution in [1.29, 1.82) is 0 Å². The number of allylic oxidation sites excluding steroid dienone is 1. The third-order valence-corrected chi connectivity index (χ3v) is 2.05. The highest BCUT2D eigenvalue weighted by Crippen LogP contribution is 2.07.